The molecule has 1 aliphatic heterocycles. The number of amides is 1. The molecule has 1 spiro atoms. The van der Waals surface area contributed by atoms with Gasteiger partial charge in [0.2, 0.25) is 0 Å². The number of halogens is 1. The summed E-state index contributed by atoms with van der Waals surface area (Å²) in [5.41, 5.74) is 9.68. The predicted octanol–water partition coefficient (Wildman–Crippen LogP) is 3.90. The SMILES string of the molecule is Cc1c(OCC(=O)N2CCC3(CCCC3N)CC2)ccc2c3c(c(=O)oc12)CCCC3.Cl. The number of piperidine rings is 1. The van der Waals surface area contributed by atoms with Gasteiger partial charge in [-0.1, -0.05) is 6.42 Å². The van der Waals surface area contributed by atoms with Crippen molar-refractivity contribution in [3.8, 4) is 5.75 Å². The molecule has 0 radical (unpaired) electrons. The lowest BCUT2D eigenvalue weighted by Crippen LogP contribution is -2.49. The monoisotopic (exact) mass is 460 g/mol. The smallest absolute Gasteiger partial charge is 0.339 e. The van der Waals surface area contributed by atoms with Gasteiger partial charge in [-0.15, -0.1) is 12.4 Å². The third-order valence-corrected chi connectivity index (χ3v) is 8.03. The largest absolute Gasteiger partial charge is 0.483 e. The maximum Gasteiger partial charge on any atom is 0.339 e. The summed E-state index contributed by atoms with van der Waals surface area (Å²) in [6.07, 6.45) is 9.33. The minimum Gasteiger partial charge on any atom is -0.483 e. The van der Waals surface area contributed by atoms with Crippen LogP contribution in [0.3, 0.4) is 0 Å². The van der Waals surface area contributed by atoms with Crippen LogP contribution < -0.4 is 16.1 Å². The summed E-state index contributed by atoms with van der Waals surface area (Å²) in [4.78, 5) is 27.1. The van der Waals surface area contributed by atoms with Gasteiger partial charge in [0, 0.05) is 35.6 Å². The summed E-state index contributed by atoms with van der Waals surface area (Å²) < 4.78 is 11.6. The highest BCUT2D eigenvalue weighted by atomic mass is 35.5. The first-order chi connectivity index (χ1) is 15.0. The minimum absolute atomic E-state index is 0. The third kappa shape index (κ3) is 3.92. The molecular weight excluding hydrogens is 428 g/mol. The summed E-state index contributed by atoms with van der Waals surface area (Å²) in [5.74, 6) is 0.610. The second kappa shape index (κ2) is 9.06. The van der Waals surface area contributed by atoms with E-state index in [1.165, 1.54) is 12.8 Å². The number of likely N-dealkylation sites (tertiary alicyclic amines) is 1. The van der Waals surface area contributed by atoms with Crippen molar-refractivity contribution in [2.75, 3.05) is 19.7 Å². The standard InChI is InChI=1S/C25H32N2O4.ClH/c1-16-20(9-8-18-17-5-2-3-6-19(17)24(29)31-23(16)18)30-15-22(28)27-13-11-25(12-14-27)10-4-7-21(25)26;/h8-9,21H,2-7,10-15,26H2,1H3;1H. The first kappa shape index (κ1) is 23.1. The molecule has 6 nitrogen and oxygen atoms in total. The van der Waals surface area contributed by atoms with Crippen molar-refractivity contribution < 1.29 is 13.9 Å². The van der Waals surface area contributed by atoms with Crippen molar-refractivity contribution in [1.29, 1.82) is 0 Å². The molecule has 5 rings (SSSR count). The van der Waals surface area contributed by atoms with Crippen LogP contribution in [0.1, 0.15) is 61.6 Å². The Morgan fingerprint density at radius 1 is 1.16 bits per heavy atom. The van der Waals surface area contributed by atoms with Crippen LogP contribution in [0.15, 0.2) is 21.3 Å². The fraction of sp³-hybridized carbons (Fsp3) is 0.600. The van der Waals surface area contributed by atoms with Crippen molar-refractivity contribution >= 4 is 29.3 Å². The van der Waals surface area contributed by atoms with E-state index >= 15 is 0 Å². The summed E-state index contributed by atoms with van der Waals surface area (Å²) in [6, 6.07) is 4.16. The molecule has 32 heavy (non-hydrogen) atoms. The van der Waals surface area contributed by atoms with Crippen LogP contribution in [-0.2, 0) is 17.6 Å². The summed E-state index contributed by atoms with van der Waals surface area (Å²) >= 11 is 0. The number of aryl methyl sites for hydroxylation is 2. The number of nitrogens with zero attached hydrogens (tertiary/aromatic N) is 1. The van der Waals surface area contributed by atoms with Gasteiger partial charge in [0.15, 0.2) is 6.61 Å². The third-order valence-electron chi connectivity index (χ3n) is 8.03. The molecule has 2 fully saturated rings. The van der Waals surface area contributed by atoms with Crippen molar-refractivity contribution in [2.45, 2.75) is 70.8 Å². The van der Waals surface area contributed by atoms with Gasteiger partial charge in [-0.25, -0.2) is 4.79 Å². The Balaban J connectivity index is 0.00000245. The first-order valence-corrected chi connectivity index (χ1v) is 11.7. The van der Waals surface area contributed by atoms with Crippen LogP contribution in [0.25, 0.3) is 11.0 Å². The van der Waals surface area contributed by atoms with Crippen LogP contribution in [0.5, 0.6) is 5.75 Å². The highest BCUT2D eigenvalue weighted by Gasteiger charge is 2.43. The number of rotatable bonds is 3. The zero-order valence-corrected chi connectivity index (χ0v) is 19.6. The molecule has 1 aromatic heterocycles. The summed E-state index contributed by atoms with van der Waals surface area (Å²) in [7, 11) is 0. The molecule has 2 heterocycles. The maximum atomic E-state index is 12.8. The fourth-order valence-corrected chi connectivity index (χ4v) is 6.00. The van der Waals surface area contributed by atoms with Gasteiger partial charge in [-0.3, -0.25) is 4.79 Å². The lowest BCUT2D eigenvalue weighted by Gasteiger charge is -2.42. The van der Waals surface area contributed by atoms with Crippen LogP contribution in [0, 0.1) is 12.3 Å². The molecule has 3 aliphatic rings. The van der Waals surface area contributed by atoms with Gasteiger partial charge in [-0.05, 0) is 81.4 Å². The van der Waals surface area contributed by atoms with Crippen LogP contribution in [0.2, 0.25) is 0 Å². The molecule has 1 aromatic carbocycles. The Morgan fingerprint density at radius 2 is 1.88 bits per heavy atom. The van der Waals surface area contributed by atoms with E-state index in [1.807, 2.05) is 24.0 Å². The Hall–Kier alpha value is -2.05. The maximum absolute atomic E-state index is 12.8. The number of benzene rings is 1. The lowest BCUT2D eigenvalue weighted by molar-refractivity contribution is -0.135. The fourth-order valence-electron chi connectivity index (χ4n) is 6.00. The Bertz CT molecular complexity index is 1070. The van der Waals surface area contributed by atoms with Crippen molar-refractivity contribution in [2.24, 2.45) is 11.1 Å². The lowest BCUT2D eigenvalue weighted by atomic mass is 9.74. The molecule has 1 unspecified atom stereocenters. The number of ether oxygens (including phenoxy) is 1. The van der Waals surface area contributed by atoms with E-state index in [0.29, 0.717) is 11.3 Å². The number of carbonyl (C=O) groups is 1. The molecule has 1 amide bonds. The van der Waals surface area contributed by atoms with Crippen LogP contribution in [0.4, 0.5) is 0 Å². The Morgan fingerprint density at radius 3 is 2.56 bits per heavy atom. The average molecular weight is 461 g/mol. The molecule has 7 heteroatoms. The zero-order valence-electron chi connectivity index (χ0n) is 18.8. The van der Waals surface area contributed by atoms with Gasteiger partial charge in [0.1, 0.15) is 11.3 Å². The van der Waals surface area contributed by atoms with E-state index in [1.54, 1.807) is 0 Å². The average Bonchev–Trinajstić information content (AvgIpc) is 3.13. The molecule has 2 aliphatic carbocycles. The van der Waals surface area contributed by atoms with E-state index < -0.39 is 0 Å². The number of nitrogens with two attached hydrogens (primary N) is 1. The number of fused-ring (bicyclic) bond motifs is 3. The summed E-state index contributed by atoms with van der Waals surface area (Å²) in [5, 5.41) is 1.000. The molecule has 2 aromatic rings. The second-order valence-electron chi connectivity index (χ2n) is 9.65. The molecule has 174 valence electrons. The quantitative estimate of drug-likeness (QED) is 0.702. The zero-order chi connectivity index (χ0) is 21.6. The first-order valence-electron chi connectivity index (χ1n) is 11.7. The second-order valence-corrected chi connectivity index (χ2v) is 9.65. The highest BCUT2D eigenvalue weighted by molar-refractivity contribution is 5.86. The van der Waals surface area contributed by atoms with E-state index in [2.05, 4.69) is 0 Å². The minimum atomic E-state index is -0.231. The van der Waals surface area contributed by atoms with E-state index in [-0.39, 0.29) is 42.0 Å². The molecule has 1 saturated heterocycles. The molecular formula is C25H33ClN2O4. The molecule has 2 N–H and O–H groups in total. The highest BCUT2D eigenvalue weighted by Crippen LogP contribution is 2.45. The van der Waals surface area contributed by atoms with E-state index in [9.17, 15) is 9.59 Å². The Kier molecular flexibility index (Phi) is 6.55. The van der Waals surface area contributed by atoms with Crippen molar-refractivity contribution in [3.05, 3.63) is 39.2 Å². The van der Waals surface area contributed by atoms with Gasteiger partial charge in [-0.2, -0.15) is 0 Å². The predicted molar refractivity (Wildman–Crippen MR) is 127 cm³/mol. The summed E-state index contributed by atoms with van der Waals surface area (Å²) in [6.45, 7) is 3.41. The van der Waals surface area contributed by atoms with Crippen LogP contribution >= 0.6 is 12.4 Å². The molecule has 1 atom stereocenters. The Labute approximate surface area is 194 Å². The van der Waals surface area contributed by atoms with Crippen molar-refractivity contribution in [3.63, 3.8) is 0 Å². The molecule has 0 bridgehead atoms. The number of hydrogen-bond acceptors (Lipinski definition) is 5. The number of carbonyl (C=O) groups excluding carboxylic acids is 1. The van der Waals surface area contributed by atoms with Gasteiger partial charge in [0.25, 0.3) is 5.91 Å². The van der Waals surface area contributed by atoms with Gasteiger partial charge >= 0.3 is 5.63 Å². The van der Waals surface area contributed by atoms with Crippen LogP contribution in [-0.4, -0.2) is 36.5 Å². The van der Waals surface area contributed by atoms with E-state index in [0.717, 1.165) is 80.1 Å². The molecule has 1 saturated carbocycles. The number of hydrogen-bond donors (Lipinski definition) is 1. The van der Waals surface area contributed by atoms with Gasteiger partial charge in [0.05, 0.1) is 0 Å². The van der Waals surface area contributed by atoms with Crippen molar-refractivity contribution in [1.82, 2.24) is 4.90 Å². The normalized spacial score (nSPS) is 21.9. The van der Waals surface area contributed by atoms with Gasteiger partial charge < -0.3 is 19.8 Å². The topological polar surface area (TPSA) is 85.8 Å². The van der Waals surface area contributed by atoms with E-state index in [4.69, 9.17) is 14.9 Å².